The molecule has 2 heterocycles. The van der Waals surface area contributed by atoms with Crippen molar-refractivity contribution in [1.29, 1.82) is 0 Å². The van der Waals surface area contributed by atoms with Crippen molar-refractivity contribution in [3.05, 3.63) is 11.8 Å². The van der Waals surface area contributed by atoms with Gasteiger partial charge in [0.1, 0.15) is 0 Å². The van der Waals surface area contributed by atoms with Crippen LogP contribution < -0.4 is 10.2 Å². The standard InChI is InChI=1S/C15H23N5O/c1-10-8-13(14(18-17-10)19(2)3)16-15(21)20-7-6-12(9-20)11-4-5-11/h8,11-12H,4-7,9H2,1-3H3,(H,16,17,21). The molecular formula is C15H23N5O. The lowest BCUT2D eigenvalue weighted by Gasteiger charge is -2.20. The molecule has 0 bridgehead atoms. The van der Waals surface area contributed by atoms with Gasteiger partial charge < -0.3 is 15.1 Å². The number of nitrogens with zero attached hydrogens (tertiary/aromatic N) is 4. The van der Waals surface area contributed by atoms with E-state index in [1.165, 1.54) is 12.8 Å². The van der Waals surface area contributed by atoms with Gasteiger partial charge in [-0.1, -0.05) is 0 Å². The maximum Gasteiger partial charge on any atom is 0.321 e. The van der Waals surface area contributed by atoms with E-state index in [2.05, 4.69) is 15.5 Å². The smallest absolute Gasteiger partial charge is 0.321 e. The molecule has 1 aromatic rings. The summed E-state index contributed by atoms with van der Waals surface area (Å²) in [5.41, 5.74) is 1.53. The lowest BCUT2D eigenvalue weighted by Crippen LogP contribution is -2.33. The van der Waals surface area contributed by atoms with Crippen LogP contribution in [0.4, 0.5) is 16.3 Å². The molecule has 1 atom stereocenters. The Bertz CT molecular complexity index is 541. The van der Waals surface area contributed by atoms with Crippen LogP contribution in [0.1, 0.15) is 25.0 Å². The van der Waals surface area contributed by atoms with Crippen LogP contribution >= 0.6 is 0 Å². The number of carbonyl (C=O) groups excluding carboxylic acids is 1. The highest BCUT2D eigenvalue weighted by atomic mass is 16.2. The molecule has 3 rings (SSSR count). The zero-order valence-corrected chi connectivity index (χ0v) is 13.0. The number of aromatic nitrogens is 2. The fourth-order valence-corrected chi connectivity index (χ4v) is 3.02. The van der Waals surface area contributed by atoms with Crippen LogP contribution in [0.3, 0.4) is 0 Å². The van der Waals surface area contributed by atoms with Gasteiger partial charge in [-0.15, -0.1) is 5.10 Å². The number of rotatable bonds is 3. The van der Waals surface area contributed by atoms with Gasteiger partial charge in [0.25, 0.3) is 0 Å². The topological polar surface area (TPSA) is 61.4 Å². The van der Waals surface area contributed by atoms with E-state index < -0.39 is 0 Å². The van der Waals surface area contributed by atoms with Gasteiger partial charge in [-0.2, -0.15) is 5.10 Å². The normalized spacial score (nSPS) is 21.5. The number of hydrogen-bond donors (Lipinski definition) is 1. The third kappa shape index (κ3) is 3.09. The first-order valence-electron chi connectivity index (χ1n) is 7.62. The van der Waals surface area contributed by atoms with Crippen molar-refractivity contribution < 1.29 is 4.79 Å². The maximum absolute atomic E-state index is 12.4. The van der Waals surface area contributed by atoms with Gasteiger partial charge in [0, 0.05) is 27.2 Å². The van der Waals surface area contributed by atoms with E-state index in [9.17, 15) is 4.79 Å². The van der Waals surface area contributed by atoms with E-state index >= 15 is 0 Å². The minimum absolute atomic E-state index is 0.0198. The second-order valence-electron chi connectivity index (χ2n) is 6.38. The highest BCUT2D eigenvalue weighted by Gasteiger charge is 2.37. The minimum atomic E-state index is -0.0198. The molecule has 6 heteroatoms. The molecule has 6 nitrogen and oxygen atoms in total. The molecule has 1 N–H and O–H groups in total. The van der Waals surface area contributed by atoms with Gasteiger partial charge in [-0.3, -0.25) is 0 Å². The highest BCUT2D eigenvalue weighted by molar-refractivity contribution is 5.92. The lowest BCUT2D eigenvalue weighted by atomic mass is 10.0. The van der Waals surface area contributed by atoms with Gasteiger partial charge in [0.15, 0.2) is 5.82 Å². The summed E-state index contributed by atoms with van der Waals surface area (Å²) in [6.45, 7) is 3.63. The monoisotopic (exact) mass is 289 g/mol. The Kier molecular flexibility index (Phi) is 3.69. The number of likely N-dealkylation sites (tertiary alicyclic amines) is 1. The van der Waals surface area contributed by atoms with E-state index in [4.69, 9.17) is 0 Å². The van der Waals surface area contributed by atoms with Gasteiger partial charge in [-0.25, -0.2) is 4.79 Å². The molecule has 2 aliphatic rings. The number of urea groups is 1. The highest BCUT2D eigenvalue weighted by Crippen LogP contribution is 2.41. The predicted octanol–water partition coefficient (Wildman–Crippen LogP) is 2.11. The molecule has 1 aliphatic heterocycles. The third-order valence-electron chi connectivity index (χ3n) is 4.36. The van der Waals surface area contributed by atoms with E-state index in [0.717, 1.165) is 36.8 Å². The van der Waals surface area contributed by atoms with Crippen LogP contribution in [-0.4, -0.2) is 48.3 Å². The summed E-state index contributed by atoms with van der Waals surface area (Å²) >= 11 is 0. The molecule has 114 valence electrons. The largest absolute Gasteiger partial charge is 0.360 e. The van der Waals surface area contributed by atoms with Crippen molar-refractivity contribution in [3.63, 3.8) is 0 Å². The van der Waals surface area contributed by atoms with Crippen LogP contribution in [-0.2, 0) is 0 Å². The molecule has 1 aliphatic carbocycles. The van der Waals surface area contributed by atoms with Gasteiger partial charge in [-0.05, 0) is 44.1 Å². The van der Waals surface area contributed by atoms with Crippen LogP contribution in [0, 0.1) is 18.8 Å². The minimum Gasteiger partial charge on any atom is -0.360 e. The first kappa shape index (κ1) is 14.1. The van der Waals surface area contributed by atoms with Gasteiger partial charge in [0.05, 0.1) is 11.4 Å². The van der Waals surface area contributed by atoms with Crippen molar-refractivity contribution in [1.82, 2.24) is 15.1 Å². The Balaban J connectivity index is 1.68. The second kappa shape index (κ2) is 5.50. The summed E-state index contributed by atoms with van der Waals surface area (Å²) in [6, 6.07) is 1.85. The Morgan fingerprint density at radius 1 is 1.29 bits per heavy atom. The Morgan fingerprint density at radius 2 is 2.05 bits per heavy atom. The summed E-state index contributed by atoms with van der Waals surface area (Å²) in [5.74, 6) is 2.26. The van der Waals surface area contributed by atoms with Crippen molar-refractivity contribution in [2.24, 2.45) is 11.8 Å². The first-order chi connectivity index (χ1) is 10.0. The molecule has 0 radical (unpaired) electrons. The van der Waals surface area contributed by atoms with Gasteiger partial charge in [0.2, 0.25) is 0 Å². The summed E-state index contributed by atoms with van der Waals surface area (Å²) in [6.07, 6.45) is 3.84. The molecule has 0 aromatic carbocycles. The Hall–Kier alpha value is -1.85. The fourth-order valence-electron chi connectivity index (χ4n) is 3.02. The van der Waals surface area contributed by atoms with Crippen LogP contribution in [0.5, 0.6) is 0 Å². The van der Waals surface area contributed by atoms with Crippen molar-refractivity contribution in [3.8, 4) is 0 Å². The average molecular weight is 289 g/mol. The van der Waals surface area contributed by atoms with E-state index in [1.807, 2.05) is 36.9 Å². The molecule has 2 fully saturated rings. The summed E-state index contributed by atoms with van der Waals surface area (Å²) in [4.78, 5) is 16.2. The average Bonchev–Trinajstić information content (AvgIpc) is 3.16. The molecule has 1 saturated carbocycles. The van der Waals surface area contributed by atoms with Crippen LogP contribution in [0.15, 0.2) is 6.07 Å². The lowest BCUT2D eigenvalue weighted by molar-refractivity contribution is 0.220. The summed E-state index contributed by atoms with van der Waals surface area (Å²) in [5, 5.41) is 11.2. The van der Waals surface area contributed by atoms with Crippen molar-refractivity contribution in [2.75, 3.05) is 37.4 Å². The second-order valence-corrected chi connectivity index (χ2v) is 6.38. The fraction of sp³-hybridized carbons (Fsp3) is 0.667. The van der Waals surface area contributed by atoms with Gasteiger partial charge >= 0.3 is 6.03 Å². The van der Waals surface area contributed by atoms with Crippen molar-refractivity contribution in [2.45, 2.75) is 26.2 Å². The molecular weight excluding hydrogens is 266 g/mol. The maximum atomic E-state index is 12.4. The summed E-state index contributed by atoms with van der Waals surface area (Å²) in [7, 11) is 3.79. The number of carbonyl (C=O) groups is 1. The Labute approximate surface area is 125 Å². The van der Waals surface area contributed by atoms with Crippen LogP contribution in [0.25, 0.3) is 0 Å². The van der Waals surface area contributed by atoms with E-state index in [0.29, 0.717) is 11.7 Å². The molecule has 1 aromatic heterocycles. The number of aryl methyl sites for hydroxylation is 1. The molecule has 1 unspecified atom stereocenters. The molecule has 1 saturated heterocycles. The van der Waals surface area contributed by atoms with Crippen LogP contribution in [0.2, 0.25) is 0 Å². The number of anilines is 2. The zero-order valence-electron chi connectivity index (χ0n) is 13.0. The first-order valence-corrected chi connectivity index (χ1v) is 7.62. The molecule has 2 amide bonds. The predicted molar refractivity (Wildman–Crippen MR) is 82.5 cm³/mol. The Morgan fingerprint density at radius 3 is 2.71 bits per heavy atom. The molecule has 21 heavy (non-hydrogen) atoms. The third-order valence-corrected chi connectivity index (χ3v) is 4.36. The quantitative estimate of drug-likeness (QED) is 0.926. The number of nitrogens with one attached hydrogen (secondary N) is 1. The van der Waals surface area contributed by atoms with Crippen molar-refractivity contribution >= 4 is 17.5 Å². The zero-order chi connectivity index (χ0) is 15.0. The van der Waals surface area contributed by atoms with E-state index in [-0.39, 0.29) is 6.03 Å². The van der Waals surface area contributed by atoms with E-state index in [1.54, 1.807) is 0 Å². The summed E-state index contributed by atoms with van der Waals surface area (Å²) < 4.78 is 0. The molecule has 0 spiro atoms. The number of hydrogen-bond acceptors (Lipinski definition) is 4. The SMILES string of the molecule is Cc1cc(NC(=O)N2CCC(C3CC3)C2)c(N(C)C)nn1. The number of amides is 2.